The van der Waals surface area contributed by atoms with Gasteiger partial charge in [-0.05, 0) is 6.42 Å². The lowest BCUT2D eigenvalue weighted by Crippen LogP contribution is -2.01. The molecule has 0 aliphatic carbocycles. The lowest BCUT2D eigenvalue weighted by atomic mass is 10.0. The van der Waals surface area contributed by atoms with Crippen molar-refractivity contribution in [3.05, 3.63) is 36.1 Å². The zero-order valence-electron chi connectivity index (χ0n) is 11.5. The van der Waals surface area contributed by atoms with Crippen molar-refractivity contribution in [2.75, 3.05) is 21.3 Å². The summed E-state index contributed by atoms with van der Waals surface area (Å²) in [6.45, 7) is 3.38. The van der Waals surface area contributed by atoms with E-state index in [0.29, 0.717) is 30.1 Å². The Hall–Kier alpha value is -2.19. The van der Waals surface area contributed by atoms with Gasteiger partial charge in [-0.15, -0.1) is 5.73 Å². The van der Waals surface area contributed by atoms with Crippen LogP contribution in [0.1, 0.15) is 12.0 Å². The largest absolute Gasteiger partial charge is 0.496 e. The Morgan fingerprint density at radius 2 is 1.79 bits per heavy atom. The van der Waals surface area contributed by atoms with Crippen LogP contribution in [0.25, 0.3) is 0 Å². The second kappa shape index (κ2) is 7.29. The number of allylic oxidation sites excluding steroid dienone is 1. The van der Waals surface area contributed by atoms with E-state index in [2.05, 4.69) is 12.3 Å². The van der Waals surface area contributed by atoms with Gasteiger partial charge in [-0.25, -0.2) is 0 Å². The highest BCUT2D eigenvalue weighted by atomic mass is 16.5. The van der Waals surface area contributed by atoms with Crippen LogP contribution >= 0.6 is 0 Å². The molecule has 4 nitrogen and oxygen atoms in total. The first-order chi connectivity index (χ1) is 9.15. The number of hydrogen-bond donors (Lipinski definition) is 0. The van der Waals surface area contributed by atoms with Gasteiger partial charge in [0.2, 0.25) is 0 Å². The summed E-state index contributed by atoms with van der Waals surface area (Å²) in [6, 6.07) is 3.54. The molecule has 0 amide bonds. The van der Waals surface area contributed by atoms with Gasteiger partial charge in [-0.3, -0.25) is 4.79 Å². The Labute approximate surface area is 113 Å². The molecule has 0 radical (unpaired) electrons. The van der Waals surface area contributed by atoms with Crippen LogP contribution < -0.4 is 14.2 Å². The lowest BCUT2D eigenvalue weighted by molar-refractivity contribution is -0.114. The molecule has 0 spiro atoms. The van der Waals surface area contributed by atoms with Crippen LogP contribution in [-0.2, 0) is 11.2 Å². The smallest absolute Gasteiger partial charge is 0.163 e. The molecule has 0 atom stereocenters. The minimum atomic E-state index is -0.0325. The standard InChI is InChI=1S/C15H18O4/c1-5-6-11(16)7-8-13-14(18-3)9-12(17-2)10-15(13)19-4/h6,9-10H,1,7-8H2,2-4H3. The van der Waals surface area contributed by atoms with E-state index in [1.54, 1.807) is 33.5 Å². The Balaban J connectivity index is 3.03. The molecule has 0 N–H and O–H groups in total. The van der Waals surface area contributed by atoms with Crippen molar-refractivity contribution < 1.29 is 19.0 Å². The summed E-state index contributed by atoms with van der Waals surface area (Å²) in [5, 5.41) is 0. The molecular weight excluding hydrogens is 244 g/mol. The maximum atomic E-state index is 11.5. The van der Waals surface area contributed by atoms with E-state index >= 15 is 0 Å². The maximum Gasteiger partial charge on any atom is 0.163 e. The second-order valence-electron chi connectivity index (χ2n) is 3.83. The zero-order chi connectivity index (χ0) is 14.3. The Bertz CT molecular complexity index is 474. The molecule has 0 saturated heterocycles. The first-order valence-electron chi connectivity index (χ1n) is 5.83. The van der Waals surface area contributed by atoms with Crippen molar-refractivity contribution in [1.82, 2.24) is 0 Å². The number of hydrogen-bond acceptors (Lipinski definition) is 4. The number of benzene rings is 1. The van der Waals surface area contributed by atoms with Crippen molar-refractivity contribution in [2.45, 2.75) is 12.8 Å². The highest BCUT2D eigenvalue weighted by Gasteiger charge is 2.14. The van der Waals surface area contributed by atoms with Crippen molar-refractivity contribution in [3.63, 3.8) is 0 Å². The summed E-state index contributed by atoms with van der Waals surface area (Å²) in [5.41, 5.74) is 3.32. The molecule has 0 aromatic heterocycles. The van der Waals surface area contributed by atoms with Crippen LogP contribution in [0.5, 0.6) is 17.2 Å². The van der Waals surface area contributed by atoms with E-state index in [1.165, 1.54) is 6.08 Å². The van der Waals surface area contributed by atoms with Gasteiger partial charge in [0.05, 0.1) is 21.3 Å². The van der Waals surface area contributed by atoms with Crippen LogP contribution in [0.4, 0.5) is 0 Å². The van der Waals surface area contributed by atoms with Gasteiger partial charge in [0, 0.05) is 30.2 Å². The normalized spacial score (nSPS) is 9.42. The molecule has 0 unspecified atom stereocenters. The van der Waals surface area contributed by atoms with Gasteiger partial charge in [-0.1, -0.05) is 6.58 Å². The minimum Gasteiger partial charge on any atom is -0.496 e. The van der Waals surface area contributed by atoms with E-state index in [1.807, 2.05) is 0 Å². The molecular formula is C15H18O4. The monoisotopic (exact) mass is 262 g/mol. The molecule has 19 heavy (non-hydrogen) atoms. The van der Waals surface area contributed by atoms with E-state index in [4.69, 9.17) is 14.2 Å². The average molecular weight is 262 g/mol. The first kappa shape index (κ1) is 14.9. The number of carbonyl (C=O) groups is 1. The summed E-state index contributed by atoms with van der Waals surface area (Å²) in [5.74, 6) is 1.91. The van der Waals surface area contributed by atoms with E-state index in [9.17, 15) is 4.79 Å². The topological polar surface area (TPSA) is 44.8 Å². The summed E-state index contributed by atoms with van der Waals surface area (Å²) < 4.78 is 15.8. The average Bonchev–Trinajstić information content (AvgIpc) is 2.44. The van der Waals surface area contributed by atoms with E-state index in [0.717, 1.165) is 5.56 Å². The van der Waals surface area contributed by atoms with Crippen LogP contribution in [0, 0.1) is 0 Å². The number of ether oxygens (including phenoxy) is 3. The predicted octanol–water partition coefficient (Wildman–Crippen LogP) is 2.56. The predicted molar refractivity (Wildman–Crippen MR) is 73.1 cm³/mol. The van der Waals surface area contributed by atoms with Crippen LogP contribution in [-0.4, -0.2) is 27.1 Å². The maximum absolute atomic E-state index is 11.5. The van der Waals surface area contributed by atoms with Gasteiger partial charge >= 0.3 is 0 Å². The Kier molecular flexibility index (Phi) is 5.71. The van der Waals surface area contributed by atoms with Gasteiger partial charge < -0.3 is 14.2 Å². The Morgan fingerprint density at radius 3 is 2.21 bits per heavy atom. The van der Waals surface area contributed by atoms with Crippen molar-refractivity contribution in [3.8, 4) is 17.2 Å². The summed E-state index contributed by atoms with van der Waals surface area (Å²) >= 11 is 0. The third kappa shape index (κ3) is 3.90. The van der Waals surface area contributed by atoms with Gasteiger partial charge in [0.1, 0.15) is 17.2 Å². The summed E-state index contributed by atoms with van der Waals surface area (Å²) in [7, 11) is 4.72. The SMILES string of the molecule is C=C=CC(=O)CCc1c(OC)cc(OC)cc1OC. The zero-order valence-corrected chi connectivity index (χ0v) is 11.5. The van der Waals surface area contributed by atoms with Gasteiger partial charge in [0.15, 0.2) is 5.78 Å². The number of carbonyl (C=O) groups excluding carboxylic acids is 1. The lowest BCUT2D eigenvalue weighted by Gasteiger charge is -2.14. The molecule has 1 rings (SSSR count). The molecule has 0 saturated carbocycles. The van der Waals surface area contributed by atoms with E-state index < -0.39 is 0 Å². The van der Waals surface area contributed by atoms with E-state index in [-0.39, 0.29) is 5.78 Å². The fourth-order valence-electron chi connectivity index (χ4n) is 1.76. The van der Waals surface area contributed by atoms with Gasteiger partial charge in [0.25, 0.3) is 0 Å². The molecule has 1 aromatic carbocycles. The number of rotatable bonds is 7. The third-order valence-corrected chi connectivity index (χ3v) is 2.70. The highest BCUT2D eigenvalue weighted by molar-refractivity contribution is 5.89. The fraction of sp³-hybridized carbons (Fsp3) is 0.333. The molecule has 0 aliphatic rings. The number of methoxy groups -OCH3 is 3. The molecule has 0 aliphatic heterocycles. The number of ketones is 1. The molecule has 4 heteroatoms. The molecule has 0 heterocycles. The van der Waals surface area contributed by atoms with Crippen molar-refractivity contribution in [1.29, 1.82) is 0 Å². The Morgan fingerprint density at radius 1 is 1.21 bits per heavy atom. The second-order valence-corrected chi connectivity index (χ2v) is 3.83. The molecule has 0 fully saturated rings. The molecule has 0 bridgehead atoms. The third-order valence-electron chi connectivity index (χ3n) is 2.70. The minimum absolute atomic E-state index is 0.0325. The van der Waals surface area contributed by atoms with Crippen LogP contribution in [0.15, 0.2) is 30.5 Å². The molecule has 102 valence electrons. The van der Waals surface area contributed by atoms with Crippen molar-refractivity contribution in [2.24, 2.45) is 0 Å². The van der Waals surface area contributed by atoms with Crippen LogP contribution in [0.3, 0.4) is 0 Å². The molecule has 1 aromatic rings. The summed E-state index contributed by atoms with van der Waals surface area (Å²) in [4.78, 5) is 11.5. The quantitative estimate of drug-likeness (QED) is 0.559. The highest BCUT2D eigenvalue weighted by Crippen LogP contribution is 2.34. The van der Waals surface area contributed by atoms with Crippen LogP contribution in [0.2, 0.25) is 0 Å². The van der Waals surface area contributed by atoms with Crippen molar-refractivity contribution >= 4 is 5.78 Å². The first-order valence-corrected chi connectivity index (χ1v) is 5.83. The van der Waals surface area contributed by atoms with Gasteiger partial charge in [-0.2, -0.15) is 0 Å². The summed E-state index contributed by atoms with van der Waals surface area (Å²) in [6.07, 6.45) is 2.21. The fourth-order valence-corrected chi connectivity index (χ4v) is 1.76.